The van der Waals surface area contributed by atoms with E-state index >= 15 is 0 Å². The van der Waals surface area contributed by atoms with E-state index in [2.05, 4.69) is 27.1 Å². The molecule has 2 N–H and O–H groups in total. The molecule has 0 spiro atoms. The lowest BCUT2D eigenvalue weighted by Gasteiger charge is -2.33. The first-order chi connectivity index (χ1) is 12.6. The third kappa shape index (κ3) is 3.41. The summed E-state index contributed by atoms with van der Waals surface area (Å²) in [4.78, 5) is 8.62. The number of ether oxygens (including phenoxy) is 2. The number of hydrogen-bond acceptors (Lipinski definition) is 7. The number of likely N-dealkylation sites (N-methyl/N-ethyl adjacent to an activating group) is 1. The zero-order chi connectivity index (χ0) is 18.1. The number of aromatic nitrogens is 3. The van der Waals surface area contributed by atoms with Crippen molar-refractivity contribution in [1.82, 2.24) is 19.7 Å². The van der Waals surface area contributed by atoms with Gasteiger partial charge in [-0.2, -0.15) is 4.98 Å². The molecule has 1 atom stereocenters. The molecule has 1 aromatic carbocycles. The molecule has 0 amide bonds. The average Bonchev–Trinajstić information content (AvgIpc) is 2.99. The number of anilines is 2. The minimum absolute atomic E-state index is 0.244. The van der Waals surface area contributed by atoms with Gasteiger partial charge in [0, 0.05) is 20.6 Å². The van der Waals surface area contributed by atoms with Crippen LogP contribution in [0.25, 0.3) is 0 Å². The van der Waals surface area contributed by atoms with E-state index in [1.54, 1.807) is 11.7 Å². The number of fused-ring (bicyclic) bond motifs is 1. The maximum Gasteiger partial charge on any atom is 0.241 e. The molecular weight excluding hydrogens is 332 g/mol. The Morgan fingerprint density at radius 3 is 2.77 bits per heavy atom. The van der Waals surface area contributed by atoms with Crippen molar-refractivity contribution >= 4 is 11.9 Å². The molecule has 2 aromatic rings. The standard InChI is InChI=1S/C18H26N6O2/c1-22(18-20-17(19)21-23(18)2)16-12-25-15-10-13(6-7-14(15)26-16)11-24-8-4-3-5-9-24/h6-7,10,16H,3-5,8-9,11-12H2,1-2H3,(H2,19,21). The fourth-order valence-electron chi connectivity index (χ4n) is 3.60. The Balaban J connectivity index is 1.44. The maximum atomic E-state index is 6.12. The van der Waals surface area contributed by atoms with Crippen LogP contribution in [0.1, 0.15) is 24.8 Å². The molecule has 26 heavy (non-hydrogen) atoms. The van der Waals surface area contributed by atoms with Gasteiger partial charge < -0.3 is 20.1 Å². The number of rotatable bonds is 4. The zero-order valence-electron chi connectivity index (χ0n) is 15.4. The molecule has 0 radical (unpaired) electrons. The summed E-state index contributed by atoms with van der Waals surface area (Å²) in [7, 11) is 3.70. The van der Waals surface area contributed by atoms with Crippen molar-refractivity contribution in [3.05, 3.63) is 23.8 Å². The normalized spacial score (nSPS) is 20.2. The third-order valence-corrected chi connectivity index (χ3v) is 5.01. The highest BCUT2D eigenvalue weighted by Gasteiger charge is 2.27. The molecule has 1 saturated heterocycles. The van der Waals surface area contributed by atoms with Crippen molar-refractivity contribution in [1.29, 1.82) is 0 Å². The second kappa shape index (κ2) is 7.03. The topological polar surface area (TPSA) is 81.7 Å². The van der Waals surface area contributed by atoms with Crippen molar-refractivity contribution in [3.8, 4) is 11.5 Å². The van der Waals surface area contributed by atoms with Crippen LogP contribution in [0.15, 0.2) is 18.2 Å². The van der Waals surface area contributed by atoms with Crippen LogP contribution in [0, 0.1) is 0 Å². The Labute approximate surface area is 153 Å². The number of nitrogens with two attached hydrogens (primary N) is 1. The summed E-state index contributed by atoms with van der Waals surface area (Å²) < 4.78 is 13.7. The van der Waals surface area contributed by atoms with Crippen molar-refractivity contribution in [3.63, 3.8) is 0 Å². The Bertz CT molecular complexity index is 771. The number of benzene rings is 1. The van der Waals surface area contributed by atoms with E-state index in [0.29, 0.717) is 12.6 Å². The van der Waals surface area contributed by atoms with Crippen LogP contribution >= 0.6 is 0 Å². The molecule has 1 unspecified atom stereocenters. The molecule has 0 aliphatic carbocycles. The van der Waals surface area contributed by atoms with Gasteiger partial charge in [0.2, 0.25) is 18.1 Å². The van der Waals surface area contributed by atoms with Crippen molar-refractivity contribution in [2.24, 2.45) is 7.05 Å². The van der Waals surface area contributed by atoms with Gasteiger partial charge in [-0.15, -0.1) is 5.10 Å². The fraction of sp³-hybridized carbons (Fsp3) is 0.556. The van der Waals surface area contributed by atoms with Crippen LogP contribution in [0.3, 0.4) is 0 Å². The molecule has 2 aliphatic heterocycles. The van der Waals surface area contributed by atoms with E-state index in [-0.39, 0.29) is 12.2 Å². The first kappa shape index (κ1) is 17.0. The van der Waals surface area contributed by atoms with Crippen LogP contribution in [-0.4, -0.2) is 52.6 Å². The number of likely N-dealkylation sites (tertiary alicyclic amines) is 1. The van der Waals surface area contributed by atoms with Gasteiger partial charge in [-0.25, -0.2) is 4.68 Å². The lowest BCUT2D eigenvalue weighted by Crippen LogP contribution is -2.44. The minimum Gasteiger partial charge on any atom is -0.484 e. The van der Waals surface area contributed by atoms with Crippen LogP contribution in [0.2, 0.25) is 0 Å². The molecule has 1 aromatic heterocycles. The zero-order valence-corrected chi connectivity index (χ0v) is 15.4. The van der Waals surface area contributed by atoms with Crippen molar-refractivity contribution in [2.75, 3.05) is 37.4 Å². The van der Waals surface area contributed by atoms with Crippen molar-refractivity contribution < 1.29 is 9.47 Å². The summed E-state index contributed by atoms with van der Waals surface area (Å²) in [5, 5.41) is 4.08. The van der Waals surface area contributed by atoms with Gasteiger partial charge >= 0.3 is 0 Å². The van der Waals surface area contributed by atoms with Gasteiger partial charge in [-0.05, 0) is 43.6 Å². The smallest absolute Gasteiger partial charge is 0.241 e. The number of nitrogen functional groups attached to an aromatic ring is 1. The highest BCUT2D eigenvalue weighted by molar-refractivity contribution is 5.45. The molecule has 1 fully saturated rings. The lowest BCUT2D eigenvalue weighted by molar-refractivity contribution is 0.0899. The molecule has 3 heterocycles. The summed E-state index contributed by atoms with van der Waals surface area (Å²) >= 11 is 0. The van der Waals surface area contributed by atoms with Crippen LogP contribution in [0.5, 0.6) is 11.5 Å². The van der Waals surface area contributed by atoms with Gasteiger partial charge in [0.05, 0.1) is 0 Å². The van der Waals surface area contributed by atoms with E-state index in [0.717, 1.165) is 18.0 Å². The highest BCUT2D eigenvalue weighted by atomic mass is 16.6. The van der Waals surface area contributed by atoms with E-state index in [1.807, 2.05) is 18.0 Å². The molecule has 4 rings (SSSR count). The number of piperidine rings is 1. The Kier molecular flexibility index (Phi) is 4.58. The number of aryl methyl sites for hydroxylation is 1. The van der Waals surface area contributed by atoms with E-state index < -0.39 is 0 Å². The van der Waals surface area contributed by atoms with Crippen LogP contribution < -0.4 is 20.1 Å². The van der Waals surface area contributed by atoms with E-state index in [1.165, 1.54) is 37.9 Å². The van der Waals surface area contributed by atoms with Crippen LogP contribution in [0.4, 0.5) is 11.9 Å². The van der Waals surface area contributed by atoms with Gasteiger partial charge in [0.1, 0.15) is 6.61 Å². The van der Waals surface area contributed by atoms with Crippen molar-refractivity contribution in [2.45, 2.75) is 32.0 Å². The molecule has 8 heteroatoms. The van der Waals surface area contributed by atoms with Crippen LogP contribution in [-0.2, 0) is 13.6 Å². The predicted molar refractivity (Wildman–Crippen MR) is 99.3 cm³/mol. The summed E-state index contributed by atoms with van der Waals surface area (Å²) in [6.45, 7) is 3.76. The third-order valence-electron chi connectivity index (χ3n) is 5.01. The Hall–Kier alpha value is -2.48. The number of nitrogens with zero attached hydrogens (tertiary/aromatic N) is 5. The summed E-state index contributed by atoms with van der Waals surface area (Å²) in [6.07, 6.45) is 3.66. The quantitative estimate of drug-likeness (QED) is 0.889. The number of hydrogen-bond donors (Lipinski definition) is 1. The summed E-state index contributed by atoms with van der Waals surface area (Å²) in [5.41, 5.74) is 6.94. The first-order valence-corrected chi connectivity index (χ1v) is 9.14. The molecule has 0 saturated carbocycles. The average molecular weight is 358 g/mol. The summed E-state index contributed by atoms with van der Waals surface area (Å²) in [6, 6.07) is 6.22. The second-order valence-corrected chi connectivity index (χ2v) is 7.01. The molecule has 0 bridgehead atoms. The van der Waals surface area contributed by atoms with Gasteiger partial charge in [0.15, 0.2) is 11.5 Å². The Morgan fingerprint density at radius 1 is 1.23 bits per heavy atom. The lowest BCUT2D eigenvalue weighted by atomic mass is 10.1. The highest BCUT2D eigenvalue weighted by Crippen LogP contribution is 2.34. The fourth-order valence-corrected chi connectivity index (χ4v) is 3.60. The van der Waals surface area contributed by atoms with E-state index in [4.69, 9.17) is 15.2 Å². The maximum absolute atomic E-state index is 6.12. The van der Waals surface area contributed by atoms with Gasteiger partial charge in [-0.1, -0.05) is 12.5 Å². The summed E-state index contributed by atoms with van der Waals surface area (Å²) in [5.74, 6) is 2.45. The minimum atomic E-state index is -0.280. The second-order valence-electron chi connectivity index (χ2n) is 7.01. The van der Waals surface area contributed by atoms with Gasteiger partial charge in [-0.3, -0.25) is 4.90 Å². The van der Waals surface area contributed by atoms with E-state index in [9.17, 15) is 0 Å². The SMILES string of the molecule is CN(c1nc(N)nn1C)C1COc2cc(CN3CCCCC3)ccc2O1. The molecular formula is C18H26N6O2. The van der Waals surface area contributed by atoms with Gasteiger partial charge in [0.25, 0.3) is 0 Å². The predicted octanol–water partition coefficient (Wildman–Crippen LogP) is 1.62. The largest absolute Gasteiger partial charge is 0.484 e. The molecule has 8 nitrogen and oxygen atoms in total. The molecule has 2 aliphatic rings. The monoisotopic (exact) mass is 358 g/mol. The first-order valence-electron chi connectivity index (χ1n) is 9.14. The molecule has 140 valence electrons. The Morgan fingerprint density at radius 2 is 2.04 bits per heavy atom.